The smallest absolute Gasteiger partial charge is 0.241 e. The van der Waals surface area contributed by atoms with Gasteiger partial charge in [0, 0.05) is 13.6 Å². The van der Waals surface area contributed by atoms with Crippen molar-refractivity contribution in [2.45, 2.75) is 19.8 Å². The summed E-state index contributed by atoms with van der Waals surface area (Å²) in [6, 6.07) is 0. The molecule has 1 aromatic heterocycles. The molecule has 0 aliphatic heterocycles. The van der Waals surface area contributed by atoms with Gasteiger partial charge >= 0.3 is 0 Å². The number of rotatable bonds is 4. The van der Waals surface area contributed by atoms with E-state index in [0.29, 0.717) is 5.95 Å². The Morgan fingerprint density at radius 2 is 2.33 bits per heavy atom. The summed E-state index contributed by atoms with van der Waals surface area (Å²) in [4.78, 5) is 4.00. The Morgan fingerprint density at radius 1 is 1.58 bits per heavy atom. The summed E-state index contributed by atoms with van der Waals surface area (Å²) >= 11 is 0. The molecule has 12 heavy (non-hydrogen) atoms. The highest BCUT2D eigenvalue weighted by Crippen LogP contribution is 2.03. The first kappa shape index (κ1) is 8.83. The van der Waals surface area contributed by atoms with Crippen LogP contribution in [0.2, 0.25) is 0 Å². The number of hydrogen-bond donors (Lipinski definition) is 2. The Kier molecular flexibility index (Phi) is 2.90. The van der Waals surface area contributed by atoms with Crippen LogP contribution in [-0.2, 0) is 7.05 Å². The molecule has 1 rings (SSSR count). The molecule has 0 amide bonds. The van der Waals surface area contributed by atoms with E-state index in [9.17, 15) is 0 Å². The molecule has 0 radical (unpaired) electrons. The number of aryl methyl sites for hydroxylation is 1. The number of anilines is 2. The van der Waals surface area contributed by atoms with Crippen LogP contribution in [0.15, 0.2) is 0 Å². The molecule has 0 aromatic carbocycles. The number of nitrogens with one attached hydrogen (secondary N) is 1. The van der Waals surface area contributed by atoms with Gasteiger partial charge in [-0.15, -0.1) is 5.10 Å². The van der Waals surface area contributed by atoms with Crippen molar-refractivity contribution in [1.82, 2.24) is 14.8 Å². The third-order valence-corrected chi connectivity index (χ3v) is 1.59. The highest BCUT2D eigenvalue weighted by Gasteiger charge is 2.01. The lowest BCUT2D eigenvalue weighted by Crippen LogP contribution is -2.06. The first-order valence-electron chi connectivity index (χ1n) is 4.14. The number of hydrogen-bond acceptors (Lipinski definition) is 4. The molecular formula is C7H15N5. The van der Waals surface area contributed by atoms with Gasteiger partial charge in [0.15, 0.2) is 0 Å². The van der Waals surface area contributed by atoms with Crippen molar-refractivity contribution in [3.63, 3.8) is 0 Å². The molecule has 0 aliphatic carbocycles. The lowest BCUT2D eigenvalue weighted by atomic mass is 10.3. The summed E-state index contributed by atoms with van der Waals surface area (Å²) in [6.45, 7) is 3.06. The zero-order chi connectivity index (χ0) is 8.97. The standard InChI is InChI=1S/C7H15N5/c1-3-4-5-9-7-10-6(8)11-12(7)2/h3-5H2,1-2H3,(H3,8,9,10,11). The maximum absolute atomic E-state index is 5.40. The molecule has 0 saturated carbocycles. The summed E-state index contributed by atoms with van der Waals surface area (Å²) in [5.74, 6) is 1.05. The molecule has 5 nitrogen and oxygen atoms in total. The van der Waals surface area contributed by atoms with Gasteiger partial charge in [0.1, 0.15) is 0 Å². The van der Waals surface area contributed by atoms with E-state index in [2.05, 4.69) is 22.3 Å². The Bertz CT molecular complexity index is 242. The lowest BCUT2D eigenvalue weighted by molar-refractivity contribution is 0.756. The molecule has 3 N–H and O–H groups in total. The molecule has 0 bridgehead atoms. The van der Waals surface area contributed by atoms with Gasteiger partial charge in [0.25, 0.3) is 0 Å². The van der Waals surface area contributed by atoms with Crippen molar-refractivity contribution in [1.29, 1.82) is 0 Å². The van der Waals surface area contributed by atoms with Crippen molar-refractivity contribution in [2.24, 2.45) is 7.05 Å². The van der Waals surface area contributed by atoms with E-state index in [4.69, 9.17) is 5.73 Å². The monoisotopic (exact) mass is 169 g/mol. The number of unbranched alkanes of at least 4 members (excludes halogenated alkanes) is 1. The predicted octanol–water partition coefficient (Wildman–Crippen LogP) is 0.609. The first-order valence-corrected chi connectivity index (χ1v) is 4.14. The van der Waals surface area contributed by atoms with Crippen LogP contribution >= 0.6 is 0 Å². The summed E-state index contributed by atoms with van der Waals surface area (Å²) in [5, 5.41) is 7.05. The minimum Gasteiger partial charge on any atom is -0.366 e. The molecule has 0 unspecified atom stereocenters. The van der Waals surface area contributed by atoms with Gasteiger partial charge in [-0.1, -0.05) is 13.3 Å². The molecule has 0 atom stereocenters. The van der Waals surface area contributed by atoms with Crippen LogP contribution < -0.4 is 11.1 Å². The van der Waals surface area contributed by atoms with Crippen molar-refractivity contribution < 1.29 is 0 Å². The van der Waals surface area contributed by atoms with Crippen molar-refractivity contribution >= 4 is 11.9 Å². The second kappa shape index (κ2) is 3.94. The quantitative estimate of drug-likeness (QED) is 0.648. The zero-order valence-electron chi connectivity index (χ0n) is 7.54. The third kappa shape index (κ3) is 2.11. The molecule has 0 aliphatic rings. The van der Waals surface area contributed by atoms with Crippen LogP contribution in [0.1, 0.15) is 19.8 Å². The Hall–Kier alpha value is -1.26. The molecule has 0 saturated heterocycles. The van der Waals surface area contributed by atoms with Crippen molar-refractivity contribution in [3.05, 3.63) is 0 Å². The largest absolute Gasteiger partial charge is 0.366 e. The molecule has 0 fully saturated rings. The molecule has 0 spiro atoms. The van der Waals surface area contributed by atoms with Crippen molar-refractivity contribution in [2.75, 3.05) is 17.6 Å². The second-order valence-corrected chi connectivity index (χ2v) is 2.70. The van der Waals surface area contributed by atoms with Crippen molar-refractivity contribution in [3.8, 4) is 0 Å². The SMILES string of the molecule is CCCCNc1nc(N)nn1C. The summed E-state index contributed by atoms with van der Waals surface area (Å²) in [7, 11) is 1.82. The predicted molar refractivity (Wildman–Crippen MR) is 48.8 cm³/mol. The van der Waals surface area contributed by atoms with Gasteiger partial charge in [0.05, 0.1) is 0 Å². The first-order chi connectivity index (χ1) is 5.74. The minimum atomic E-state index is 0.316. The summed E-state index contributed by atoms with van der Waals surface area (Å²) in [5.41, 5.74) is 5.40. The maximum atomic E-state index is 5.40. The van der Waals surface area contributed by atoms with Crippen LogP contribution in [-0.4, -0.2) is 21.3 Å². The van der Waals surface area contributed by atoms with E-state index >= 15 is 0 Å². The van der Waals surface area contributed by atoms with E-state index < -0.39 is 0 Å². The second-order valence-electron chi connectivity index (χ2n) is 2.70. The van der Waals surface area contributed by atoms with E-state index in [1.165, 1.54) is 6.42 Å². The Morgan fingerprint density at radius 3 is 2.83 bits per heavy atom. The normalized spacial score (nSPS) is 10.2. The van der Waals surface area contributed by atoms with Gasteiger partial charge in [-0.2, -0.15) is 4.98 Å². The Balaban J connectivity index is 2.45. The van der Waals surface area contributed by atoms with E-state index in [0.717, 1.165) is 18.9 Å². The van der Waals surface area contributed by atoms with Gasteiger partial charge in [-0.05, 0) is 6.42 Å². The van der Waals surface area contributed by atoms with E-state index in [-0.39, 0.29) is 0 Å². The van der Waals surface area contributed by atoms with E-state index in [1.807, 2.05) is 7.05 Å². The fourth-order valence-electron chi connectivity index (χ4n) is 0.935. The summed E-state index contributed by atoms with van der Waals surface area (Å²) in [6.07, 6.45) is 2.30. The number of nitrogen functional groups attached to an aromatic ring is 1. The van der Waals surface area contributed by atoms with Crippen LogP contribution in [0.3, 0.4) is 0 Å². The number of nitrogens with two attached hydrogens (primary N) is 1. The molecule has 68 valence electrons. The summed E-state index contributed by atoms with van der Waals surface area (Å²) < 4.78 is 1.64. The lowest BCUT2D eigenvalue weighted by Gasteiger charge is -2.01. The van der Waals surface area contributed by atoms with Crippen LogP contribution in [0.4, 0.5) is 11.9 Å². The number of nitrogens with zero attached hydrogens (tertiary/aromatic N) is 3. The van der Waals surface area contributed by atoms with Gasteiger partial charge < -0.3 is 11.1 Å². The van der Waals surface area contributed by atoms with Gasteiger partial charge in [-0.3, -0.25) is 0 Å². The Labute approximate surface area is 72.0 Å². The number of aromatic nitrogens is 3. The topological polar surface area (TPSA) is 68.8 Å². The van der Waals surface area contributed by atoms with Gasteiger partial charge in [-0.25, -0.2) is 4.68 Å². The fraction of sp³-hybridized carbons (Fsp3) is 0.714. The average molecular weight is 169 g/mol. The van der Waals surface area contributed by atoms with Crippen LogP contribution in [0.25, 0.3) is 0 Å². The minimum absolute atomic E-state index is 0.316. The highest BCUT2D eigenvalue weighted by atomic mass is 15.4. The zero-order valence-corrected chi connectivity index (χ0v) is 7.54. The molecular weight excluding hydrogens is 154 g/mol. The van der Waals surface area contributed by atoms with E-state index in [1.54, 1.807) is 4.68 Å². The van der Waals surface area contributed by atoms with Gasteiger partial charge in [0.2, 0.25) is 11.9 Å². The average Bonchev–Trinajstić information content (AvgIpc) is 2.31. The van der Waals surface area contributed by atoms with Crippen LogP contribution in [0.5, 0.6) is 0 Å². The molecule has 5 heteroatoms. The maximum Gasteiger partial charge on any atom is 0.241 e. The third-order valence-electron chi connectivity index (χ3n) is 1.59. The van der Waals surface area contributed by atoms with Crippen LogP contribution in [0, 0.1) is 0 Å². The highest BCUT2D eigenvalue weighted by molar-refractivity contribution is 5.31. The molecule has 1 aromatic rings. The molecule has 1 heterocycles. The fourth-order valence-corrected chi connectivity index (χ4v) is 0.935.